The number of nitrogens with zero attached hydrogens (tertiary/aromatic N) is 2. The zero-order valence-electron chi connectivity index (χ0n) is 13.2. The smallest absolute Gasteiger partial charge is 0.292 e. The van der Waals surface area contributed by atoms with Gasteiger partial charge in [-0.15, -0.1) is 0 Å². The van der Waals surface area contributed by atoms with Crippen LogP contribution in [0.3, 0.4) is 0 Å². The molecule has 0 atom stereocenters. The van der Waals surface area contributed by atoms with Crippen LogP contribution in [0.4, 0.5) is 11.4 Å². The topological polar surface area (TPSA) is 105 Å². The van der Waals surface area contributed by atoms with E-state index in [0.717, 1.165) is 12.8 Å². The number of hydrazine groups is 1. The summed E-state index contributed by atoms with van der Waals surface area (Å²) in [5.74, 6) is -0.457. The SMILES string of the molecule is O=C(NNC(=O)C1CCN(c2ccccc2[N+](=O)[O-])CC1)C1CC1. The van der Waals surface area contributed by atoms with Crippen molar-refractivity contribution in [1.29, 1.82) is 0 Å². The highest BCUT2D eigenvalue weighted by atomic mass is 16.6. The Labute approximate surface area is 139 Å². The Balaban J connectivity index is 1.53. The molecule has 2 aliphatic rings. The van der Waals surface area contributed by atoms with E-state index in [1.54, 1.807) is 18.2 Å². The van der Waals surface area contributed by atoms with Crippen molar-refractivity contribution in [3.05, 3.63) is 34.4 Å². The average molecular weight is 332 g/mol. The molecular weight excluding hydrogens is 312 g/mol. The summed E-state index contributed by atoms with van der Waals surface area (Å²) < 4.78 is 0. The Morgan fingerprint density at radius 2 is 1.54 bits per heavy atom. The highest BCUT2D eigenvalue weighted by molar-refractivity contribution is 5.85. The molecule has 1 aromatic carbocycles. The van der Waals surface area contributed by atoms with Crippen molar-refractivity contribution in [2.45, 2.75) is 25.7 Å². The van der Waals surface area contributed by atoms with Gasteiger partial charge in [0, 0.05) is 31.0 Å². The van der Waals surface area contributed by atoms with Gasteiger partial charge in [0.2, 0.25) is 11.8 Å². The number of benzene rings is 1. The molecule has 8 heteroatoms. The Kier molecular flexibility index (Phi) is 4.64. The number of carbonyl (C=O) groups excluding carboxylic acids is 2. The number of nitro groups is 1. The Morgan fingerprint density at radius 1 is 1.00 bits per heavy atom. The molecule has 0 bridgehead atoms. The lowest BCUT2D eigenvalue weighted by Crippen LogP contribution is -2.47. The number of nitro benzene ring substituents is 1. The van der Waals surface area contributed by atoms with Gasteiger partial charge in [0.15, 0.2) is 0 Å². The molecule has 1 saturated carbocycles. The van der Waals surface area contributed by atoms with Gasteiger partial charge in [-0.25, -0.2) is 0 Å². The van der Waals surface area contributed by atoms with Crippen molar-refractivity contribution in [2.24, 2.45) is 11.8 Å². The highest BCUT2D eigenvalue weighted by Crippen LogP contribution is 2.31. The van der Waals surface area contributed by atoms with Crippen molar-refractivity contribution < 1.29 is 14.5 Å². The zero-order valence-corrected chi connectivity index (χ0v) is 13.2. The normalized spacial score (nSPS) is 18.1. The number of nitrogens with one attached hydrogen (secondary N) is 2. The molecule has 1 saturated heterocycles. The second-order valence-corrected chi connectivity index (χ2v) is 6.26. The average Bonchev–Trinajstić information content (AvgIpc) is 3.44. The summed E-state index contributed by atoms with van der Waals surface area (Å²) in [6.45, 7) is 1.14. The Hall–Kier alpha value is -2.64. The van der Waals surface area contributed by atoms with Crippen molar-refractivity contribution in [1.82, 2.24) is 10.9 Å². The van der Waals surface area contributed by atoms with E-state index in [9.17, 15) is 19.7 Å². The van der Waals surface area contributed by atoms with Crippen LogP contribution < -0.4 is 15.8 Å². The summed E-state index contributed by atoms with van der Waals surface area (Å²) in [6.07, 6.45) is 2.96. The second-order valence-electron chi connectivity index (χ2n) is 6.26. The van der Waals surface area contributed by atoms with Crippen LogP contribution in [0.5, 0.6) is 0 Å². The molecule has 24 heavy (non-hydrogen) atoms. The number of rotatable bonds is 4. The third-order valence-corrected chi connectivity index (χ3v) is 4.54. The fraction of sp³-hybridized carbons (Fsp3) is 0.500. The molecule has 2 amide bonds. The quantitative estimate of drug-likeness (QED) is 0.640. The second kappa shape index (κ2) is 6.86. The minimum absolute atomic E-state index is 0.0470. The predicted octanol–water partition coefficient (Wildman–Crippen LogP) is 1.37. The van der Waals surface area contributed by atoms with E-state index in [0.29, 0.717) is 31.6 Å². The van der Waals surface area contributed by atoms with Crippen LogP contribution in [0.15, 0.2) is 24.3 Å². The maximum Gasteiger partial charge on any atom is 0.292 e. The van der Waals surface area contributed by atoms with E-state index in [-0.39, 0.29) is 34.3 Å². The molecule has 2 fully saturated rings. The standard InChI is InChI=1S/C16H20N4O4/c21-15(11-5-6-11)17-18-16(22)12-7-9-19(10-8-12)13-3-1-2-4-14(13)20(23)24/h1-4,11-12H,5-10H2,(H,17,21)(H,18,22). The predicted molar refractivity (Wildman–Crippen MR) is 87.0 cm³/mol. The van der Waals surface area contributed by atoms with E-state index in [1.165, 1.54) is 6.07 Å². The minimum atomic E-state index is -0.387. The van der Waals surface area contributed by atoms with Crippen molar-refractivity contribution >= 4 is 23.2 Å². The van der Waals surface area contributed by atoms with E-state index in [4.69, 9.17) is 0 Å². The summed E-state index contributed by atoms with van der Waals surface area (Å²) in [4.78, 5) is 36.3. The molecule has 128 valence electrons. The molecule has 1 aliphatic carbocycles. The first-order valence-corrected chi connectivity index (χ1v) is 8.14. The lowest BCUT2D eigenvalue weighted by atomic mass is 9.95. The largest absolute Gasteiger partial charge is 0.366 e. The molecule has 0 radical (unpaired) electrons. The number of carbonyl (C=O) groups is 2. The van der Waals surface area contributed by atoms with Gasteiger partial charge >= 0.3 is 0 Å². The van der Waals surface area contributed by atoms with Crippen LogP contribution in [0, 0.1) is 22.0 Å². The van der Waals surface area contributed by atoms with Crippen molar-refractivity contribution in [3.8, 4) is 0 Å². The number of hydrogen-bond acceptors (Lipinski definition) is 5. The first-order chi connectivity index (χ1) is 11.6. The van der Waals surface area contributed by atoms with Crippen LogP contribution >= 0.6 is 0 Å². The molecule has 8 nitrogen and oxygen atoms in total. The van der Waals surface area contributed by atoms with Crippen molar-refractivity contribution in [3.63, 3.8) is 0 Å². The van der Waals surface area contributed by atoms with Gasteiger partial charge in [0.25, 0.3) is 5.69 Å². The number of hydrogen-bond donors (Lipinski definition) is 2. The number of piperidine rings is 1. The first kappa shape index (κ1) is 16.2. The summed E-state index contributed by atoms with van der Waals surface area (Å²) in [7, 11) is 0. The highest BCUT2D eigenvalue weighted by Gasteiger charge is 2.31. The fourth-order valence-corrected chi connectivity index (χ4v) is 2.94. The third kappa shape index (κ3) is 3.64. The van der Waals surface area contributed by atoms with E-state index < -0.39 is 0 Å². The maximum absolute atomic E-state index is 12.1. The van der Waals surface area contributed by atoms with Gasteiger partial charge < -0.3 is 4.90 Å². The van der Waals surface area contributed by atoms with Crippen LogP contribution in [0.2, 0.25) is 0 Å². The van der Waals surface area contributed by atoms with Gasteiger partial charge in [0.1, 0.15) is 5.69 Å². The summed E-state index contributed by atoms with van der Waals surface area (Å²) in [5, 5.41) is 11.1. The van der Waals surface area contributed by atoms with Gasteiger partial charge in [0.05, 0.1) is 4.92 Å². The Bertz CT molecular complexity index is 651. The molecular formula is C16H20N4O4. The lowest BCUT2D eigenvalue weighted by molar-refractivity contribution is -0.384. The molecule has 1 heterocycles. The third-order valence-electron chi connectivity index (χ3n) is 4.54. The van der Waals surface area contributed by atoms with E-state index >= 15 is 0 Å². The van der Waals surface area contributed by atoms with Crippen LogP contribution in [0.25, 0.3) is 0 Å². The molecule has 1 aromatic rings. The van der Waals surface area contributed by atoms with Gasteiger partial charge in [-0.3, -0.25) is 30.6 Å². The lowest BCUT2D eigenvalue weighted by Gasteiger charge is -2.32. The van der Waals surface area contributed by atoms with Gasteiger partial charge in [-0.2, -0.15) is 0 Å². The monoisotopic (exact) mass is 332 g/mol. The molecule has 1 aliphatic heterocycles. The summed E-state index contributed by atoms with van der Waals surface area (Å²) in [5.41, 5.74) is 5.63. The minimum Gasteiger partial charge on any atom is -0.366 e. The maximum atomic E-state index is 12.1. The van der Waals surface area contributed by atoms with Crippen LogP contribution in [-0.4, -0.2) is 29.8 Å². The number of para-hydroxylation sites is 2. The number of amides is 2. The van der Waals surface area contributed by atoms with Gasteiger partial charge in [-0.1, -0.05) is 12.1 Å². The first-order valence-electron chi connectivity index (χ1n) is 8.14. The molecule has 0 unspecified atom stereocenters. The molecule has 3 rings (SSSR count). The van der Waals surface area contributed by atoms with Crippen LogP contribution in [0.1, 0.15) is 25.7 Å². The Morgan fingerprint density at radius 3 is 2.08 bits per heavy atom. The summed E-state index contributed by atoms with van der Waals surface area (Å²) in [6, 6.07) is 6.63. The zero-order chi connectivity index (χ0) is 17.1. The van der Waals surface area contributed by atoms with E-state index in [1.807, 2.05) is 4.90 Å². The van der Waals surface area contributed by atoms with Crippen molar-refractivity contribution in [2.75, 3.05) is 18.0 Å². The molecule has 0 spiro atoms. The number of anilines is 1. The van der Waals surface area contributed by atoms with Gasteiger partial charge in [-0.05, 0) is 31.7 Å². The molecule has 0 aromatic heterocycles. The van der Waals surface area contributed by atoms with E-state index in [2.05, 4.69) is 10.9 Å². The van der Waals surface area contributed by atoms with Crippen LogP contribution in [-0.2, 0) is 9.59 Å². The summed E-state index contributed by atoms with van der Waals surface area (Å²) >= 11 is 0. The molecule has 2 N–H and O–H groups in total. The fourth-order valence-electron chi connectivity index (χ4n) is 2.94.